The summed E-state index contributed by atoms with van der Waals surface area (Å²) >= 11 is 5.76. The van der Waals surface area contributed by atoms with E-state index in [-0.39, 0.29) is 6.54 Å². The number of hydrogen-bond acceptors (Lipinski definition) is 3. The number of carbonyl (C=O) groups is 1. The summed E-state index contributed by atoms with van der Waals surface area (Å²) in [4.78, 5) is 11.5. The summed E-state index contributed by atoms with van der Waals surface area (Å²) < 4.78 is 5.04. The molecule has 1 atom stereocenters. The molecule has 0 spiro atoms. The first-order chi connectivity index (χ1) is 9.65. The van der Waals surface area contributed by atoms with Gasteiger partial charge in [-0.15, -0.1) is 0 Å². The summed E-state index contributed by atoms with van der Waals surface area (Å²) in [5, 5.41) is 13.0. The molecular formula is C15H14ClNO3. The molecule has 2 aromatic rings. The van der Waals surface area contributed by atoms with Crippen molar-refractivity contribution in [3.63, 3.8) is 0 Å². The van der Waals surface area contributed by atoms with Gasteiger partial charge in [-0.05, 0) is 29.8 Å². The van der Waals surface area contributed by atoms with Crippen LogP contribution >= 0.6 is 11.6 Å². The smallest absolute Gasteiger partial charge is 0.410 e. The molecule has 0 aliphatic carbocycles. The summed E-state index contributed by atoms with van der Waals surface area (Å²) in [5.74, 6) is 0.450. The highest BCUT2D eigenvalue weighted by Crippen LogP contribution is 2.16. The van der Waals surface area contributed by atoms with E-state index < -0.39 is 12.2 Å². The summed E-state index contributed by atoms with van der Waals surface area (Å²) in [6.07, 6.45) is -1.42. The van der Waals surface area contributed by atoms with Crippen molar-refractivity contribution in [2.45, 2.75) is 6.10 Å². The lowest BCUT2D eigenvalue weighted by molar-refractivity contribution is 0.161. The molecule has 0 bridgehead atoms. The van der Waals surface area contributed by atoms with Crippen molar-refractivity contribution in [3.05, 3.63) is 65.2 Å². The van der Waals surface area contributed by atoms with E-state index >= 15 is 0 Å². The average Bonchev–Trinajstić information content (AvgIpc) is 2.46. The van der Waals surface area contributed by atoms with Gasteiger partial charge in [-0.1, -0.05) is 41.9 Å². The van der Waals surface area contributed by atoms with Gasteiger partial charge in [-0.25, -0.2) is 4.79 Å². The second-order valence-corrected chi connectivity index (χ2v) is 4.59. The average molecular weight is 292 g/mol. The first kappa shape index (κ1) is 14.4. The van der Waals surface area contributed by atoms with Crippen LogP contribution in [0.5, 0.6) is 5.75 Å². The number of amides is 1. The van der Waals surface area contributed by atoms with Crippen molar-refractivity contribution in [2.75, 3.05) is 6.54 Å². The monoisotopic (exact) mass is 291 g/mol. The molecule has 1 unspecified atom stereocenters. The minimum atomic E-state index is -0.810. The third kappa shape index (κ3) is 4.26. The van der Waals surface area contributed by atoms with Gasteiger partial charge >= 0.3 is 6.09 Å². The van der Waals surface area contributed by atoms with Gasteiger partial charge in [0.2, 0.25) is 0 Å². The number of rotatable bonds is 4. The zero-order valence-corrected chi connectivity index (χ0v) is 11.4. The van der Waals surface area contributed by atoms with Gasteiger partial charge in [0.25, 0.3) is 0 Å². The maximum Gasteiger partial charge on any atom is 0.412 e. The Labute approximate surface area is 122 Å². The van der Waals surface area contributed by atoms with Crippen LogP contribution in [0, 0.1) is 0 Å². The van der Waals surface area contributed by atoms with Gasteiger partial charge in [0.1, 0.15) is 5.75 Å². The quantitative estimate of drug-likeness (QED) is 0.910. The molecule has 0 aromatic heterocycles. The molecule has 5 heteroatoms. The van der Waals surface area contributed by atoms with Gasteiger partial charge in [-0.2, -0.15) is 0 Å². The number of ether oxygens (including phenoxy) is 1. The van der Waals surface area contributed by atoms with Crippen molar-refractivity contribution in [3.8, 4) is 5.75 Å². The van der Waals surface area contributed by atoms with Crippen LogP contribution in [-0.4, -0.2) is 17.7 Å². The molecule has 104 valence electrons. The Morgan fingerprint density at radius 2 is 1.80 bits per heavy atom. The lowest BCUT2D eigenvalue weighted by atomic mass is 10.1. The third-order valence-corrected chi connectivity index (χ3v) is 2.90. The molecule has 0 aliphatic heterocycles. The Morgan fingerprint density at radius 3 is 2.45 bits per heavy atom. The summed E-state index contributed by atoms with van der Waals surface area (Å²) in [5.41, 5.74) is 0.675. The lowest BCUT2D eigenvalue weighted by Crippen LogP contribution is -2.30. The van der Waals surface area contributed by atoms with Crippen LogP contribution in [0.3, 0.4) is 0 Å². The fourth-order valence-corrected chi connectivity index (χ4v) is 1.74. The molecule has 0 saturated heterocycles. The molecule has 2 rings (SSSR count). The minimum absolute atomic E-state index is 0.0628. The third-order valence-electron chi connectivity index (χ3n) is 2.65. The number of benzene rings is 2. The molecule has 2 N–H and O–H groups in total. The molecular weight excluding hydrogens is 278 g/mol. The van der Waals surface area contributed by atoms with Crippen molar-refractivity contribution in [1.82, 2.24) is 5.32 Å². The van der Waals surface area contributed by atoms with Gasteiger partial charge in [0.05, 0.1) is 12.6 Å². The van der Waals surface area contributed by atoms with E-state index in [9.17, 15) is 9.90 Å². The highest BCUT2D eigenvalue weighted by atomic mass is 35.5. The van der Waals surface area contributed by atoms with Crippen molar-refractivity contribution in [1.29, 1.82) is 0 Å². The number of nitrogens with one attached hydrogen (secondary N) is 1. The first-order valence-corrected chi connectivity index (χ1v) is 6.47. The maximum absolute atomic E-state index is 11.5. The predicted octanol–water partition coefficient (Wildman–Crippen LogP) is 3.16. The van der Waals surface area contributed by atoms with Crippen LogP contribution in [0.4, 0.5) is 4.79 Å². The molecule has 4 nitrogen and oxygen atoms in total. The van der Waals surface area contributed by atoms with Crippen LogP contribution in [0.1, 0.15) is 11.7 Å². The van der Waals surface area contributed by atoms with E-state index in [1.54, 1.807) is 48.5 Å². The van der Waals surface area contributed by atoms with Gasteiger partial charge in [-0.3, -0.25) is 0 Å². The Hall–Kier alpha value is -2.04. The zero-order chi connectivity index (χ0) is 14.4. The van der Waals surface area contributed by atoms with Gasteiger partial charge < -0.3 is 15.2 Å². The van der Waals surface area contributed by atoms with Gasteiger partial charge in [0, 0.05) is 5.02 Å². The SMILES string of the molecule is O=C(NCC(O)c1ccc(Cl)cc1)Oc1ccccc1. The summed E-state index contributed by atoms with van der Waals surface area (Å²) in [7, 11) is 0. The zero-order valence-electron chi connectivity index (χ0n) is 10.6. The van der Waals surface area contributed by atoms with Crippen LogP contribution in [0.2, 0.25) is 5.02 Å². The summed E-state index contributed by atoms with van der Waals surface area (Å²) in [6, 6.07) is 15.5. The lowest BCUT2D eigenvalue weighted by Gasteiger charge is -2.12. The van der Waals surface area contributed by atoms with Crippen LogP contribution < -0.4 is 10.1 Å². The molecule has 1 amide bonds. The van der Waals surface area contributed by atoms with Crippen LogP contribution in [0.15, 0.2) is 54.6 Å². The predicted molar refractivity (Wildman–Crippen MR) is 76.9 cm³/mol. The normalized spacial score (nSPS) is 11.7. The molecule has 0 aliphatic rings. The van der Waals surface area contributed by atoms with E-state index in [1.807, 2.05) is 6.07 Å². The fraction of sp³-hybridized carbons (Fsp3) is 0.133. The largest absolute Gasteiger partial charge is 0.412 e. The topological polar surface area (TPSA) is 58.6 Å². The fourth-order valence-electron chi connectivity index (χ4n) is 1.61. The van der Waals surface area contributed by atoms with Gasteiger partial charge in [0.15, 0.2) is 0 Å². The Bertz CT molecular complexity index is 557. The second-order valence-electron chi connectivity index (χ2n) is 4.15. The minimum Gasteiger partial charge on any atom is -0.410 e. The molecule has 20 heavy (non-hydrogen) atoms. The molecule has 0 heterocycles. The van der Waals surface area contributed by atoms with E-state index in [4.69, 9.17) is 16.3 Å². The number of hydrogen-bond donors (Lipinski definition) is 2. The Kier molecular flexibility index (Phi) is 4.98. The van der Waals surface area contributed by atoms with Crippen LogP contribution in [0.25, 0.3) is 0 Å². The number of halogens is 1. The van der Waals surface area contributed by atoms with Crippen molar-refractivity contribution < 1.29 is 14.6 Å². The maximum atomic E-state index is 11.5. The van der Waals surface area contributed by atoms with E-state index in [1.165, 1.54) is 0 Å². The number of aliphatic hydroxyl groups is 1. The highest BCUT2D eigenvalue weighted by molar-refractivity contribution is 6.30. The van der Waals surface area contributed by atoms with Crippen molar-refractivity contribution >= 4 is 17.7 Å². The molecule has 2 aromatic carbocycles. The van der Waals surface area contributed by atoms with Crippen LogP contribution in [-0.2, 0) is 0 Å². The van der Waals surface area contributed by atoms with E-state index in [2.05, 4.69) is 5.32 Å². The number of para-hydroxylation sites is 1. The number of carbonyl (C=O) groups excluding carboxylic acids is 1. The highest BCUT2D eigenvalue weighted by Gasteiger charge is 2.10. The van der Waals surface area contributed by atoms with Crippen molar-refractivity contribution in [2.24, 2.45) is 0 Å². The Balaban J connectivity index is 1.82. The number of aliphatic hydroxyl groups excluding tert-OH is 1. The first-order valence-electron chi connectivity index (χ1n) is 6.09. The molecule has 0 fully saturated rings. The molecule has 0 saturated carbocycles. The Morgan fingerprint density at radius 1 is 1.15 bits per heavy atom. The second kappa shape index (κ2) is 6.93. The molecule has 0 radical (unpaired) electrons. The standard InChI is InChI=1S/C15H14ClNO3/c16-12-8-6-11(7-9-12)14(18)10-17-15(19)20-13-4-2-1-3-5-13/h1-9,14,18H,10H2,(H,17,19). The van der Waals surface area contributed by atoms with E-state index in [0.29, 0.717) is 16.3 Å². The summed E-state index contributed by atoms with van der Waals surface area (Å²) in [6.45, 7) is 0.0628. The van der Waals surface area contributed by atoms with E-state index in [0.717, 1.165) is 0 Å².